The van der Waals surface area contributed by atoms with Crippen LogP contribution in [0.3, 0.4) is 0 Å². The van der Waals surface area contributed by atoms with Crippen LogP contribution in [0.15, 0.2) is 53.4 Å². The van der Waals surface area contributed by atoms with E-state index in [2.05, 4.69) is 0 Å². The van der Waals surface area contributed by atoms with Crippen molar-refractivity contribution in [2.24, 2.45) is 0 Å². The van der Waals surface area contributed by atoms with Gasteiger partial charge < -0.3 is 5.11 Å². The molecule has 1 N–H and O–H groups in total. The molecule has 0 aromatic heterocycles. The summed E-state index contributed by atoms with van der Waals surface area (Å²) in [6, 6.07) is 11.3. The largest absolute Gasteiger partial charge is 0.418 e. The SMILES string of the molecule is CS(=O)(=O)c1ccc(-c2ccc([C@@H](O)C(F)(F)F)cc2)cc1. The lowest BCUT2D eigenvalue weighted by Crippen LogP contribution is -2.19. The van der Waals surface area contributed by atoms with Gasteiger partial charge in [0, 0.05) is 6.26 Å². The second-order valence-electron chi connectivity index (χ2n) is 4.86. The van der Waals surface area contributed by atoms with Gasteiger partial charge in [-0.3, -0.25) is 0 Å². The number of alkyl halides is 3. The quantitative estimate of drug-likeness (QED) is 0.939. The standard InChI is InChI=1S/C15H13F3O3S/c1-22(20,21)13-8-6-11(7-9-13)10-2-4-12(5-3-10)14(19)15(16,17)18/h2-9,14,19H,1H3/t14-/m1/s1. The predicted molar refractivity (Wildman–Crippen MR) is 76.0 cm³/mol. The summed E-state index contributed by atoms with van der Waals surface area (Å²) in [5.41, 5.74) is 1.04. The van der Waals surface area contributed by atoms with Crippen molar-refractivity contribution < 1.29 is 26.7 Å². The molecule has 0 heterocycles. The molecule has 0 bridgehead atoms. The van der Waals surface area contributed by atoms with E-state index in [0.717, 1.165) is 6.26 Å². The maximum absolute atomic E-state index is 12.4. The number of halogens is 3. The molecule has 7 heteroatoms. The Labute approximate surface area is 125 Å². The lowest BCUT2D eigenvalue weighted by Gasteiger charge is -2.15. The van der Waals surface area contributed by atoms with Crippen molar-refractivity contribution in [2.75, 3.05) is 6.26 Å². The molecule has 2 rings (SSSR count). The normalized spacial score (nSPS) is 13.9. The summed E-state index contributed by atoms with van der Waals surface area (Å²) in [6.45, 7) is 0. The second kappa shape index (κ2) is 5.73. The Morgan fingerprint density at radius 3 is 1.68 bits per heavy atom. The molecule has 0 amide bonds. The zero-order valence-corrected chi connectivity index (χ0v) is 12.3. The molecule has 22 heavy (non-hydrogen) atoms. The Morgan fingerprint density at radius 2 is 1.32 bits per heavy atom. The Bertz CT molecular complexity index is 748. The molecule has 3 nitrogen and oxygen atoms in total. The van der Waals surface area contributed by atoms with Crippen LogP contribution in [-0.2, 0) is 9.84 Å². The first-order chi connectivity index (χ1) is 10.1. The lowest BCUT2D eigenvalue weighted by atomic mass is 10.0. The molecule has 0 aliphatic carbocycles. The van der Waals surface area contributed by atoms with E-state index >= 15 is 0 Å². The van der Waals surface area contributed by atoms with E-state index in [1.54, 1.807) is 12.1 Å². The molecule has 0 unspecified atom stereocenters. The molecule has 0 radical (unpaired) electrons. The fraction of sp³-hybridized carbons (Fsp3) is 0.200. The third-order valence-corrected chi connectivity index (χ3v) is 4.28. The molecule has 118 valence electrons. The van der Waals surface area contributed by atoms with E-state index in [-0.39, 0.29) is 10.5 Å². The summed E-state index contributed by atoms with van der Waals surface area (Å²) in [5, 5.41) is 9.15. The highest BCUT2D eigenvalue weighted by Gasteiger charge is 2.39. The van der Waals surface area contributed by atoms with Crippen LogP contribution in [-0.4, -0.2) is 26.0 Å². The van der Waals surface area contributed by atoms with Gasteiger partial charge in [-0.15, -0.1) is 0 Å². The van der Waals surface area contributed by atoms with Crippen LogP contribution in [0.4, 0.5) is 13.2 Å². The van der Waals surface area contributed by atoms with Crippen LogP contribution in [0.25, 0.3) is 11.1 Å². The third kappa shape index (κ3) is 3.66. The average molecular weight is 330 g/mol. The van der Waals surface area contributed by atoms with Gasteiger partial charge in [0.05, 0.1) is 4.90 Å². The minimum atomic E-state index is -4.71. The first kappa shape index (κ1) is 16.5. The van der Waals surface area contributed by atoms with Gasteiger partial charge in [0.15, 0.2) is 15.9 Å². The van der Waals surface area contributed by atoms with Gasteiger partial charge in [0.25, 0.3) is 0 Å². The van der Waals surface area contributed by atoms with Crippen molar-refractivity contribution in [1.82, 2.24) is 0 Å². The molecule has 2 aromatic rings. The summed E-state index contributed by atoms with van der Waals surface area (Å²) in [5.74, 6) is 0. The molecule has 0 fully saturated rings. The Kier molecular flexibility index (Phi) is 4.30. The number of benzene rings is 2. The monoisotopic (exact) mass is 330 g/mol. The van der Waals surface area contributed by atoms with Gasteiger partial charge in [-0.1, -0.05) is 36.4 Å². The second-order valence-corrected chi connectivity index (χ2v) is 6.88. The van der Waals surface area contributed by atoms with E-state index in [9.17, 15) is 21.6 Å². The van der Waals surface area contributed by atoms with E-state index in [1.165, 1.54) is 36.4 Å². The third-order valence-electron chi connectivity index (χ3n) is 3.15. The number of hydrogen-bond donors (Lipinski definition) is 1. The first-order valence-corrected chi connectivity index (χ1v) is 8.13. The van der Waals surface area contributed by atoms with Crippen LogP contribution in [0.2, 0.25) is 0 Å². The molecule has 0 saturated heterocycles. The Hall–Kier alpha value is -1.86. The van der Waals surface area contributed by atoms with Crippen LogP contribution < -0.4 is 0 Å². The van der Waals surface area contributed by atoms with E-state index < -0.39 is 22.1 Å². The Morgan fingerprint density at radius 1 is 0.909 bits per heavy atom. The van der Waals surface area contributed by atoms with Crippen molar-refractivity contribution in [2.45, 2.75) is 17.2 Å². The van der Waals surface area contributed by atoms with E-state index in [1.807, 2.05) is 0 Å². The zero-order chi connectivity index (χ0) is 16.5. The topological polar surface area (TPSA) is 54.4 Å². The summed E-state index contributed by atoms with van der Waals surface area (Å²) in [6.07, 6.45) is -6.14. The van der Waals surface area contributed by atoms with Crippen molar-refractivity contribution >= 4 is 9.84 Å². The van der Waals surface area contributed by atoms with Crippen molar-refractivity contribution in [3.8, 4) is 11.1 Å². The van der Waals surface area contributed by atoms with Gasteiger partial charge >= 0.3 is 6.18 Å². The molecule has 1 atom stereocenters. The highest BCUT2D eigenvalue weighted by molar-refractivity contribution is 7.90. The molecule has 0 aliphatic heterocycles. The molecule has 2 aromatic carbocycles. The lowest BCUT2D eigenvalue weighted by molar-refractivity contribution is -0.206. The van der Waals surface area contributed by atoms with Crippen LogP contribution in [0.5, 0.6) is 0 Å². The summed E-state index contributed by atoms with van der Waals surface area (Å²) in [4.78, 5) is 0.167. The summed E-state index contributed by atoms with van der Waals surface area (Å²) in [7, 11) is -3.29. The number of aliphatic hydroxyl groups is 1. The predicted octanol–water partition coefficient (Wildman–Crippen LogP) is 3.35. The molecule has 0 spiro atoms. The number of hydrogen-bond acceptors (Lipinski definition) is 3. The van der Waals surface area contributed by atoms with Crippen molar-refractivity contribution in [1.29, 1.82) is 0 Å². The van der Waals surface area contributed by atoms with E-state index in [0.29, 0.717) is 11.1 Å². The fourth-order valence-electron chi connectivity index (χ4n) is 1.94. The average Bonchev–Trinajstić information content (AvgIpc) is 2.45. The number of sulfone groups is 1. The maximum atomic E-state index is 12.4. The zero-order valence-electron chi connectivity index (χ0n) is 11.5. The minimum Gasteiger partial charge on any atom is -0.379 e. The summed E-state index contributed by atoms with van der Waals surface area (Å²) < 4.78 is 59.9. The highest BCUT2D eigenvalue weighted by atomic mass is 32.2. The van der Waals surface area contributed by atoms with Crippen LogP contribution >= 0.6 is 0 Å². The van der Waals surface area contributed by atoms with Crippen molar-refractivity contribution in [3.63, 3.8) is 0 Å². The van der Waals surface area contributed by atoms with Gasteiger partial charge in [-0.25, -0.2) is 8.42 Å². The smallest absolute Gasteiger partial charge is 0.379 e. The fourth-order valence-corrected chi connectivity index (χ4v) is 2.57. The molecule has 0 aliphatic rings. The van der Waals surface area contributed by atoms with Crippen molar-refractivity contribution in [3.05, 3.63) is 54.1 Å². The minimum absolute atomic E-state index is 0.167. The van der Waals surface area contributed by atoms with Gasteiger partial charge in [0.1, 0.15) is 0 Å². The van der Waals surface area contributed by atoms with Crippen LogP contribution in [0, 0.1) is 0 Å². The van der Waals surface area contributed by atoms with Gasteiger partial charge in [-0.05, 0) is 28.8 Å². The van der Waals surface area contributed by atoms with E-state index in [4.69, 9.17) is 5.11 Å². The van der Waals surface area contributed by atoms with Gasteiger partial charge in [0.2, 0.25) is 0 Å². The molecular weight excluding hydrogens is 317 g/mol. The molecule has 0 saturated carbocycles. The molecular formula is C15H13F3O3S. The highest BCUT2D eigenvalue weighted by Crippen LogP contribution is 2.33. The maximum Gasteiger partial charge on any atom is 0.418 e. The Balaban J connectivity index is 2.28. The first-order valence-electron chi connectivity index (χ1n) is 6.24. The van der Waals surface area contributed by atoms with Gasteiger partial charge in [-0.2, -0.15) is 13.2 Å². The number of rotatable bonds is 3. The number of aliphatic hydroxyl groups excluding tert-OH is 1. The summed E-state index contributed by atoms with van der Waals surface area (Å²) >= 11 is 0. The van der Waals surface area contributed by atoms with Crippen LogP contribution in [0.1, 0.15) is 11.7 Å².